The van der Waals surface area contributed by atoms with Gasteiger partial charge in [-0.2, -0.15) is 0 Å². The van der Waals surface area contributed by atoms with Gasteiger partial charge in [0.05, 0.1) is 13.2 Å². The summed E-state index contributed by atoms with van der Waals surface area (Å²) in [6.45, 7) is 4.10. The van der Waals surface area contributed by atoms with Crippen molar-refractivity contribution in [3.63, 3.8) is 0 Å². The number of hydrogen-bond acceptors (Lipinski definition) is 5. The summed E-state index contributed by atoms with van der Waals surface area (Å²) in [4.78, 5) is 34.6. The highest BCUT2D eigenvalue weighted by atomic mass is 16.5. The minimum absolute atomic E-state index is 0.0854. The van der Waals surface area contributed by atoms with E-state index in [1.165, 1.54) is 0 Å². The molecular formula is C13H20O5. The number of ketones is 1. The van der Waals surface area contributed by atoms with Crippen LogP contribution in [0.2, 0.25) is 0 Å². The fourth-order valence-corrected chi connectivity index (χ4v) is 2.23. The number of carbonyl (C=O) groups is 3. The van der Waals surface area contributed by atoms with Gasteiger partial charge in [-0.05, 0) is 33.1 Å². The van der Waals surface area contributed by atoms with Crippen molar-refractivity contribution in [1.82, 2.24) is 0 Å². The molecule has 5 nitrogen and oxygen atoms in total. The molecule has 0 unspecified atom stereocenters. The van der Waals surface area contributed by atoms with Gasteiger partial charge in [0.15, 0.2) is 0 Å². The number of hydrogen-bond donors (Lipinski definition) is 0. The van der Waals surface area contributed by atoms with E-state index >= 15 is 0 Å². The van der Waals surface area contributed by atoms with Gasteiger partial charge in [0.25, 0.3) is 0 Å². The van der Waals surface area contributed by atoms with E-state index in [1.54, 1.807) is 13.8 Å². The van der Waals surface area contributed by atoms with E-state index in [4.69, 9.17) is 9.47 Å². The molecule has 0 aromatic rings. The third-order valence-electron chi connectivity index (χ3n) is 3.12. The van der Waals surface area contributed by atoms with Crippen molar-refractivity contribution in [2.75, 3.05) is 13.2 Å². The molecule has 1 aliphatic carbocycles. The van der Waals surface area contributed by atoms with E-state index in [0.717, 1.165) is 0 Å². The van der Waals surface area contributed by atoms with Crippen LogP contribution in [0.1, 0.15) is 39.5 Å². The largest absolute Gasteiger partial charge is 0.466 e. The molecule has 0 amide bonds. The van der Waals surface area contributed by atoms with Crippen LogP contribution in [0, 0.1) is 11.8 Å². The zero-order valence-electron chi connectivity index (χ0n) is 10.9. The van der Waals surface area contributed by atoms with Crippen LogP contribution >= 0.6 is 0 Å². The molecule has 0 bridgehead atoms. The summed E-state index contributed by atoms with van der Waals surface area (Å²) in [5.74, 6) is -1.63. The molecule has 0 aromatic carbocycles. The third-order valence-corrected chi connectivity index (χ3v) is 3.12. The summed E-state index contributed by atoms with van der Waals surface area (Å²) in [7, 11) is 0. The minimum atomic E-state index is -0.628. The van der Waals surface area contributed by atoms with E-state index in [0.29, 0.717) is 25.9 Å². The van der Waals surface area contributed by atoms with Crippen LogP contribution in [-0.2, 0) is 23.9 Å². The molecule has 0 saturated heterocycles. The summed E-state index contributed by atoms with van der Waals surface area (Å²) in [6, 6.07) is 0. The highest BCUT2D eigenvalue weighted by Gasteiger charge is 2.39. The number of ether oxygens (including phenoxy) is 2. The molecule has 1 fully saturated rings. The fourth-order valence-electron chi connectivity index (χ4n) is 2.23. The molecule has 1 saturated carbocycles. The second-order valence-corrected chi connectivity index (χ2v) is 4.32. The average molecular weight is 256 g/mol. The summed E-state index contributed by atoms with van der Waals surface area (Å²) in [5, 5.41) is 0. The van der Waals surface area contributed by atoms with Crippen LogP contribution in [0.25, 0.3) is 0 Å². The maximum atomic E-state index is 11.9. The first-order chi connectivity index (χ1) is 8.60. The smallest absolute Gasteiger partial charge is 0.316 e. The Morgan fingerprint density at radius 3 is 2.44 bits per heavy atom. The van der Waals surface area contributed by atoms with Crippen molar-refractivity contribution in [2.45, 2.75) is 39.5 Å². The number of esters is 2. The molecule has 0 aromatic heterocycles. The van der Waals surface area contributed by atoms with Crippen LogP contribution in [0.4, 0.5) is 0 Å². The Balaban J connectivity index is 2.40. The Bertz CT molecular complexity index is 323. The maximum absolute atomic E-state index is 11.9. The molecule has 102 valence electrons. The summed E-state index contributed by atoms with van der Waals surface area (Å²) < 4.78 is 9.67. The van der Waals surface area contributed by atoms with E-state index in [2.05, 4.69) is 0 Å². The Kier molecular flexibility index (Phi) is 5.82. The quantitative estimate of drug-likeness (QED) is 0.532. The first-order valence-electron chi connectivity index (χ1n) is 6.46. The van der Waals surface area contributed by atoms with Crippen LogP contribution in [0.5, 0.6) is 0 Å². The van der Waals surface area contributed by atoms with Crippen molar-refractivity contribution < 1.29 is 23.9 Å². The van der Waals surface area contributed by atoms with E-state index < -0.39 is 11.9 Å². The number of Topliss-reactive ketones (excluding diaryl/α,β-unsaturated/α-hetero) is 1. The SMILES string of the molecule is CCOC(=O)CC[C@H]1CC[C@@H](C(=O)OCC)C1=O. The topological polar surface area (TPSA) is 69.7 Å². The number of rotatable bonds is 6. The van der Waals surface area contributed by atoms with Gasteiger partial charge in [0.1, 0.15) is 11.7 Å². The first-order valence-corrected chi connectivity index (χ1v) is 6.46. The molecule has 0 N–H and O–H groups in total. The van der Waals surface area contributed by atoms with Crippen molar-refractivity contribution in [1.29, 1.82) is 0 Å². The Morgan fingerprint density at radius 2 is 1.83 bits per heavy atom. The minimum Gasteiger partial charge on any atom is -0.466 e. The molecular weight excluding hydrogens is 236 g/mol. The zero-order chi connectivity index (χ0) is 13.5. The molecule has 1 rings (SSSR count). The summed E-state index contributed by atoms with van der Waals surface area (Å²) in [6.07, 6.45) is 1.89. The molecule has 2 atom stereocenters. The first kappa shape index (κ1) is 14.7. The second-order valence-electron chi connectivity index (χ2n) is 4.32. The average Bonchev–Trinajstić information content (AvgIpc) is 2.69. The Hall–Kier alpha value is -1.39. The Morgan fingerprint density at radius 1 is 1.17 bits per heavy atom. The standard InChI is InChI=1S/C13H20O5/c1-3-17-11(14)8-6-9-5-7-10(12(9)15)13(16)18-4-2/h9-10H,3-8H2,1-2H3/t9-,10-/m1/s1. The van der Waals surface area contributed by atoms with E-state index in [-0.39, 0.29) is 30.7 Å². The predicted molar refractivity (Wildman–Crippen MR) is 63.7 cm³/mol. The van der Waals surface area contributed by atoms with Gasteiger partial charge in [-0.15, -0.1) is 0 Å². The molecule has 0 radical (unpaired) electrons. The Labute approximate surface area is 107 Å². The number of carbonyl (C=O) groups excluding carboxylic acids is 3. The third kappa shape index (κ3) is 3.82. The van der Waals surface area contributed by atoms with Crippen LogP contribution in [0.3, 0.4) is 0 Å². The van der Waals surface area contributed by atoms with Gasteiger partial charge in [0.2, 0.25) is 0 Å². The lowest BCUT2D eigenvalue weighted by Gasteiger charge is -2.09. The van der Waals surface area contributed by atoms with Crippen LogP contribution in [-0.4, -0.2) is 30.9 Å². The van der Waals surface area contributed by atoms with Crippen LogP contribution in [0.15, 0.2) is 0 Å². The highest BCUT2D eigenvalue weighted by Crippen LogP contribution is 2.31. The lowest BCUT2D eigenvalue weighted by atomic mass is 9.98. The second kappa shape index (κ2) is 7.13. The van der Waals surface area contributed by atoms with Crippen LogP contribution < -0.4 is 0 Å². The molecule has 0 aliphatic heterocycles. The molecule has 1 aliphatic rings. The van der Waals surface area contributed by atoms with Gasteiger partial charge < -0.3 is 9.47 Å². The van der Waals surface area contributed by atoms with Crippen molar-refractivity contribution in [3.05, 3.63) is 0 Å². The fraction of sp³-hybridized carbons (Fsp3) is 0.769. The van der Waals surface area contributed by atoms with Gasteiger partial charge in [-0.25, -0.2) is 0 Å². The molecule has 18 heavy (non-hydrogen) atoms. The normalized spacial score (nSPS) is 22.9. The van der Waals surface area contributed by atoms with Crippen molar-refractivity contribution in [2.24, 2.45) is 11.8 Å². The maximum Gasteiger partial charge on any atom is 0.316 e. The monoisotopic (exact) mass is 256 g/mol. The highest BCUT2D eigenvalue weighted by molar-refractivity contribution is 6.01. The van der Waals surface area contributed by atoms with Crippen molar-refractivity contribution in [3.8, 4) is 0 Å². The predicted octanol–water partition coefficient (Wildman–Crippen LogP) is 1.49. The molecule has 0 spiro atoms. The zero-order valence-corrected chi connectivity index (χ0v) is 10.9. The van der Waals surface area contributed by atoms with Gasteiger partial charge in [-0.1, -0.05) is 0 Å². The van der Waals surface area contributed by atoms with Gasteiger partial charge in [-0.3, -0.25) is 14.4 Å². The van der Waals surface area contributed by atoms with Crippen molar-refractivity contribution >= 4 is 17.7 Å². The van der Waals surface area contributed by atoms with Gasteiger partial charge >= 0.3 is 11.9 Å². The van der Waals surface area contributed by atoms with E-state index in [1.807, 2.05) is 0 Å². The van der Waals surface area contributed by atoms with E-state index in [9.17, 15) is 14.4 Å². The summed E-state index contributed by atoms with van der Waals surface area (Å²) >= 11 is 0. The lowest BCUT2D eigenvalue weighted by molar-refractivity contribution is -0.150. The summed E-state index contributed by atoms with van der Waals surface area (Å²) in [5.41, 5.74) is 0. The van der Waals surface area contributed by atoms with Gasteiger partial charge in [0, 0.05) is 12.3 Å². The molecule has 0 heterocycles. The molecule has 5 heteroatoms. The lowest BCUT2D eigenvalue weighted by Crippen LogP contribution is -2.24.